The van der Waals surface area contributed by atoms with Crippen molar-refractivity contribution in [2.24, 2.45) is 0 Å². The van der Waals surface area contributed by atoms with Gasteiger partial charge in [-0.1, -0.05) is 38.6 Å². The lowest BCUT2D eigenvalue weighted by Crippen LogP contribution is -2.54. The average Bonchev–Trinajstić information content (AvgIpc) is 2.58. The summed E-state index contributed by atoms with van der Waals surface area (Å²) in [6.45, 7) is 12.1. The minimum absolute atomic E-state index is 0.0682. The number of benzene rings is 1. The number of ether oxygens (including phenoxy) is 2. The average molecular weight is 406 g/mol. The SMILES string of the molecule is C=CCOC(=O)Nc1cccc(C(C)(C)[C@@H](C(=O)O)N(C)C(=O)OC(C)(C)C)c1. The highest BCUT2D eigenvalue weighted by atomic mass is 16.6. The molecule has 0 aliphatic carbocycles. The van der Waals surface area contributed by atoms with Crippen LogP contribution in [0, 0.1) is 0 Å². The molecule has 2 amide bonds. The van der Waals surface area contributed by atoms with E-state index in [0.717, 1.165) is 4.90 Å². The molecule has 0 aliphatic rings. The molecule has 8 heteroatoms. The number of likely N-dealkylation sites (N-methyl/N-ethyl adjacent to an activating group) is 1. The normalized spacial score (nSPS) is 12.5. The second-order valence-corrected chi connectivity index (χ2v) is 8.15. The fourth-order valence-corrected chi connectivity index (χ4v) is 2.84. The number of hydrogen-bond acceptors (Lipinski definition) is 5. The van der Waals surface area contributed by atoms with Crippen LogP contribution >= 0.6 is 0 Å². The molecule has 0 aromatic heterocycles. The van der Waals surface area contributed by atoms with Gasteiger partial charge in [0, 0.05) is 18.2 Å². The second-order valence-electron chi connectivity index (χ2n) is 8.15. The van der Waals surface area contributed by atoms with Gasteiger partial charge in [-0.2, -0.15) is 0 Å². The Kier molecular flexibility index (Phi) is 7.82. The minimum atomic E-state index is -1.21. The molecular weight excluding hydrogens is 376 g/mol. The number of aliphatic carboxylic acids is 1. The van der Waals surface area contributed by atoms with E-state index in [1.165, 1.54) is 13.1 Å². The molecule has 29 heavy (non-hydrogen) atoms. The first-order chi connectivity index (χ1) is 13.3. The van der Waals surface area contributed by atoms with Crippen molar-refractivity contribution in [2.45, 2.75) is 51.7 Å². The number of carboxylic acid groups (broad SMARTS) is 1. The number of carbonyl (C=O) groups is 3. The number of nitrogens with one attached hydrogen (secondary N) is 1. The number of nitrogens with zero attached hydrogens (tertiary/aromatic N) is 1. The summed E-state index contributed by atoms with van der Waals surface area (Å²) >= 11 is 0. The summed E-state index contributed by atoms with van der Waals surface area (Å²) in [7, 11) is 1.39. The van der Waals surface area contributed by atoms with Crippen LogP contribution in [0.25, 0.3) is 0 Å². The maximum atomic E-state index is 12.5. The van der Waals surface area contributed by atoms with Crippen molar-refractivity contribution in [3.8, 4) is 0 Å². The summed E-state index contributed by atoms with van der Waals surface area (Å²) in [4.78, 5) is 37.4. The highest BCUT2D eigenvalue weighted by Crippen LogP contribution is 2.32. The molecule has 0 spiro atoms. The number of hydrogen-bond donors (Lipinski definition) is 2. The molecule has 0 saturated carbocycles. The maximum Gasteiger partial charge on any atom is 0.411 e. The summed E-state index contributed by atoms with van der Waals surface area (Å²) in [5.41, 5.74) is -0.704. The molecule has 0 heterocycles. The fraction of sp³-hybridized carbons (Fsp3) is 0.476. The van der Waals surface area contributed by atoms with E-state index < -0.39 is 35.2 Å². The Morgan fingerprint density at radius 3 is 2.38 bits per heavy atom. The highest BCUT2D eigenvalue weighted by Gasteiger charge is 2.43. The van der Waals surface area contributed by atoms with Gasteiger partial charge >= 0.3 is 18.2 Å². The van der Waals surface area contributed by atoms with Gasteiger partial charge in [-0.3, -0.25) is 10.2 Å². The van der Waals surface area contributed by atoms with Crippen LogP contribution in [0.15, 0.2) is 36.9 Å². The van der Waals surface area contributed by atoms with E-state index >= 15 is 0 Å². The van der Waals surface area contributed by atoms with Crippen LogP contribution in [0.2, 0.25) is 0 Å². The predicted molar refractivity (Wildman–Crippen MR) is 110 cm³/mol. The standard InChI is InChI=1S/C21H30N2O6/c1-8-12-28-18(26)22-15-11-9-10-14(13-15)21(5,6)16(17(24)25)23(7)19(27)29-20(2,3)4/h8-11,13,16H,1,12H2,2-7H3,(H,22,26)(H,24,25)/t16-/m1/s1. The summed E-state index contributed by atoms with van der Waals surface area (Å²) in [6, 6.07) is 5.52. The summed E-state index contributed by atoms with van der Waals surface area (Å²) in [6.07, 6.45) is 0.0593. The molecule has 1 rings (SSSR count). The second kappa shape index (κ2) is 9.45. The fourth-order valence-electron chi connectivity index (χ4n) is 2.84. The summed E-state index contributed by atoms with van der Waals surface area (Å²) < 4.78 is 10.2. The quantitative estimate of drug-likeness (QED) is 0.663. The smallest absolute Gasteiger partial charge is 0.411 e. The van der Waals surface area contributed by atoms with Crippen LogP contribution < -0.4 is 5.32 Å². The molecule has 2 N–H and O–H groups in total. The Bertz CT molecular complexity index is 767. The zero-order valence-corrected chi connectivity index (χ0v) is 17.8. The van der Waals surface area contributed by atoms with Crippen molar-refractivity contribution in [3.63, 3.8) is 0 Å². The van der Waals surface area contributed by atoms with Crippen molar-refractivity contribution < 1.29 is 29.0 Å². The van der Waals surface area contributed by atoms with Crippen LogP contribution in [0.4, 0.5) is 15.3 Å². The lowest BCUT2D eigenvalue weighted by atomic mass is 9.77. The third kappa shape index (κ3) is 6.81. The summed E-state index contributed by atoms with van der Waals surface area (Å²) in [5.74, 6) is -1.17. The minimum Gasteiger partial charge on any atom is -0.480 e. The van der Waals surface area contributed by atoms with Gasteiger partial charge in [-0.15, -0.1) is 0 Å². The van der Waals surface area contributed by atoms with Crippen molar-refractivity contribution in [1.29, 1.82) is 0 Å². The Balaban J connectivity index is 3.16. The summed E-state index contributed by atoms with van der Waals surface area (Å²) in [5, 5.41) is 12.4. The van der Waals surface area contributed by atoms with Gasteiger partial charge in [0.1, 0.15) is 18.2 Å². The van der Waals surface area contributed by atoms with E-state index in [1.54, 1.807) is 58.9 Å². The van der Waals surface area contributed by atoms with Crippen molar-refractivity contribution >= 4 is 23.8 Å². The number of anilines is 1. The molecular formula is C21H30N2O6. The monoisotopic (exact) mass is 406 g/mol. The molecule has 1 atom stereocenters. The molecule has 0 bridgehead atoms. The topological polar surface area (TPSA) is 105 Å². The van der Waals surface area contributed by atoms with Gasteiger partial charge in [0.25, 0.3) is 0 Å². The maximum absolute atomic E-state index is 12.5. The number of carboxylic acids is 1. The van der Waals surface area contributed by atoms with Crippen molar-refractivity contribution in [2.75, 3.05) is 19.0 Å². The van der Waals surface area contributed by atoms with Gasteiger partial charge in [0.05, 0.1) is 0 Å². The zero-order valence-electron chi connectivity index (χ0n) is 17.8. The van der Waals surface area contributed by atoms with Gasteiger partial charge in [-0.25, -0.2) is 14.4 Å². The lowest BCUT2D eigenvalue weighted by molar-refractivity contribution is -0.145. The zero-order chi connectivity index (χ0) is 22.4. The molecule has 0 unspecified atom stereocenters. The number of amides is 2. The van der Waals surface area contributed by atoms with Gasteiger partial charge in [0.15, 0.2) is 0 Å². The van der Waals surface area contributed by atoms with Crippen molar-refractivity contribution in [3.05, 3.63) is 42.5 Å². The molecule has 1 aromatic carbocycles. The Hall–Kier alpha value is -3.03. The van der Waals surface area contributed by atoms with E-state index in [0.29, 0.717) is 11.3 Å². The van der Waals surface area contributed by atoms with Crippen molar-refractivity contribution in [1.82, 2.24) is 4.90 Å². The van der Waals surface area contributed by atoms with Gasteiger partial charge < -0.3 is 14.6 Å². The Morgan fingerprint density at radius 2 is 1.86 bits per heavy atom. The first kappa shape index (κ1) is 24.0. The predicted octanol–water partition coefficient (Wildman–Crippen LogP) is 4.02. The molecule has 0 fully saturated rings. The Labute approximate surface area is 171 Å². The molecule has 0 saturated heterocycles. The Morgan fingerprint density at radius 1 is 1.24 bits per heavy atom. The van der Waals surface area contributed by atoms with Crippen LogP contribution in [0.1, 0.15) is 40.2 Å². The number of rotatable bonds is 7. The van der Waals surface area contributed by atoms with Gasteiger partial charge in [-0.05, 0) is 38.5 Å². The molecule has 8 nitrogen and oxygen atoms in total. The van der Waals surface area contributed by atoms with E-state index in [4.69, 9.17) is 9.47 Å². The largest absolute Gasteiger partial charge is 0.480 e. The van der Waals surface area contributed by atoms with Crippen LogP contribution in [-0.2, 0) is 19.7 Å². The number of carbonyl (C=O) groups excluding carboxylic acids is 2. The van der Waals surface area contributed by atoms with Crippen LogP contribution in [0.3, 0.4) is 0 Å². The molecule has 1 aromatic rings. The third-order valence-corrected chi connectivity index (χ3v) is 4.17. The first-order valence-electron chi connectivity index (χ1n) is 9.13. The van der Waals surface area contributed by atoms with Crippen LogP contribution in [0.5, 0.6) is 0 Å². The van der Waals surface area contributed by atoms with E-state index in [2.05, 4.69) is 11.9 Å². The molecule has 0 radical (unpaired) electrons. The van der Waals surface area contributed by atoms with E-state index in [-0.39, 0.29) is 6.61 Å². The van der Waals surface area contributed by atoms with E-state index in [9.17, 15) is 19.5 Å². The molecule has 160 valence electrons. The van der Waals surface area contributed by atoms with E-state index in [1.807, 2.05) is 0 Å². The third-order valence-electron chi connectivity index (χ3n) is 4.17. The lowest BCUT2D eigenvalue weighted by Gasteiger charge is -2.38. The van der Waals surface area contributed by atoms with Gasteiger partial charge in [0.2, 0.25) is 0 Å². The molecule has 0 aliphatic heterocycles. The first-order valence-corrected chi connectivity index (χ1v) is 9.13. The highest BCUT2D eigenvalue weighted by molar-refractivity contribution is 5.85. The van der Waals surface area contributed by atoms with Crippen LogP contribution in [-0.4, -0.2) is 53.5 Å².